The molecule has 0 saturated heterocycles. The maximum atomic E-state index is 13.2. The number of benzene rings is 1. The van der Waals surface area contributed by atoms with E-state index in [9.17, 15) is 9.18 Å². The molecule has 88 valence electrons. The average Bonchev–Trinajstić information content (AvgIpc) is 2.75. The summed E-state index contributed by atoms with van der Waals surface area (Å²) in [6.45, 7) is 1.94. The van der Waals surface area contributed by atoms with Crippen molar-refractivity contribution in [2.45, 2.75) is 6.92 Å². The van der Waals surface area contributed by atoms with Crippen LogP contribution in [-0.4, -0.2) is 12.9 Å². The van der Waals surface area contributed by atoms with Crippen LogP contribution >= 0.6 is 11.3 Å². The van der Waals surface area contributed by atoms with Gasteiger partial charge in [0.15, 0.2) is 11.6 Å². The van der Waals surface area contributed by atoms with Gasteiger partial charge in [-0.3, -0.25) is 4.79 Å². The molecule has 0 spiro atoms. The van der Waals surface area contributed by atoms with Crippen molar-refractivity contribution in [2.75, 3.05) is 7.11 Å². The van der Waals surface area contributed by atoms with Crippen LogP contribution < -0.4 is 4.74 Å². The van der Waals surface area contributed by atoms with Gasteiger partial charge in [0.1, 0.15) is 0 Å². The molecule has 0 fully saturated rings. The smallest absolute Gasteiger partial charge is 0.203 e. The Kier molecular flexibility index (Phi) is 3.24. The van der Waals surface area contributed by atoms with Crippen LogP contribution in [0.3, 0.4) is 0 Å². The molecule has 2 aromatic rings. The molecule has 0 N–H and O–H groups in total. The molecule has 0 saturated carbocycles. The maximum Gasteiger partial charge on any atom is 0.203 e. The summed E-state index contributed by atoms with van der Waals surface area (Å²) in [7, 11) is 1.38. The Balaban J connectivity index is 2.37. The first-order chi connectivity index (χ1) is 8.11. The summed E-state index contributed by atoms with van der Waals surface area (Å²) in [5.74, 6) is -0.489. The van der Waals surface area contributed by atoms with Gasteiger partial charge in [0, 0.05) is 10.4 Å². The largest absolute Gasteiger partial charge is 0.494 e. The van der Waals surface area contributed by atoms with Gasteiger partial charge in [-0.1, -0.05) is 0 Å². The zero-order valence-electron chi connectivity index (χ0n) is 9.49. The molecule has 0 unspecified atom stereocenters. The van der Waals surface area contributed by atoms with Crippen molar-refractivity contribution >= 4 is 17.1 Å². The van der Waals surface area contributed by atoms with Gasteiger partial charge in [-0.2, -0.15) is 0 Å². The van der Waals surface area contributed by atoms with Gasteiger partial charge in [0.05, 0.1) is 12.0 Å². The van der Waals surface area contributed by atoms with E-state index in [0.29, 0.717) is 10.4 Å². The number of ketones is 1. The number of ether oxygens (including phenoxy) is 1. The minimum atomic E-state index is -0.466. The van der Waals surface area contributed by atoms with Crippen molar-refractivity contribution in [1.29, 1.82) is 0 Å². The summed E-state index contributed by atoms with van der Waals surface area (Å²) < 4.78 is 18.1. The number of halogens is 1. The van der Waals surface area contributed by atoms with Gasteiger partial charge in [-0.25, -0.2) is 4.39 Å². The minimum absolute atomic E-state index is 0.0872. The summed E-state index contributed by atoms with van der Waals surface area (Å²) in [5.41, 5.74) is 0.435. The fourth-order valence-corrected chi connectivity index (χ4v) is 2.33. The van der Waals surface area contributed by atoms with E-state index < -0.39 is 5.82 Å². The van der Waals surface area contributed by atoms with Crippen LogP contribution in [0.4, 0.5) is 4.39 Å². The molecule has 0 atom stereocenters. The number of methoxy groups -OCH3 is 1. The normalized spacial score (nSPS) is 10.3. The molecule has 0 aliphatic heterocycles. The lowest BCUT2D eigenvalue weighted by Crippen LogP contribution is -2.00. The highest BCUT2D eigenvalue weighted by atomic mass is 32.1. The second-order valence-corrected chi connectivity index (χ2v) is 4.88. The highest BCUT2D eigenvalue weighted by Crippen LogP contribution is 2.23. The number of rotatable bonds is 3. The molecule has 2 rings (SSSR count). The molecule has 2 nitrogen and oxygen atoms in total. The monoisotopic (exact) mass is 250 g/mol. The summed E-state index contributed by atoms with van der Waals surface area (Å²) in [4.78, 5) is 13.8. The van der Waals surface area contributed by atoms with E-state index in [1.807, 2.05) is 13.0 Å². The van der Waals surface area contributed by atoms with E-state index in [2.05, 4.69) is 0 Å². The lowest BCUT2D eigenvalue weighted by atomic mass is 10.1. The van der Waals surface area contributed by atoms with Crippen LogP contribution in [0.2, 0.25) is 0 Å². The molecular formula is C13H11FO2S. The number of carbonyl (C=O) groups excluding carboxylic acids is 1. The van der Waals surface area contributed by atoms with Crippen LogP contribution in [0, 0.1) is 12.7 Å². The number of hydrogen-bond acceptors (Lipinski definition) is 3. The van der Waals surface area contributed by atoms with Gasteiger partial charge in [-0.05, 0) is 37.3 Å². The van der Waals surface area contributed by atoms with Crippen molar-refractivity contribution in [1.82, 2.24) is 0 Å². The van der Waals surface area contributed by atoms with Crippen molar-refractivity contribution in [3.63, 3.8) is 0 Å². The van der Waals surface area contributed by atoms with E-state index in [-0.39, 0.29) is 11.5 Å². The van der Waals surface area contributed by atoms with E-state index in [4.69, 9.17) is 4.74 Å². The topological polar surface area (TPSA) is 26.3 Å². The Morgan fingerprint density at radius 3 is 2.65 bits per heavy atom. The van der Waals surface area contributed by atoms with E-state index in [0.717, 1.165) is 4.88 Å². The molecule has 17 heavy (non-hydrogen) atoms. The third-order valence-electron chi connectivity index (χ3n) is 2.38. The first-order valence-electron chi connectivity index (χ1n) is 5.06. The summed E-state index contributed by atoms with van der Waals surface area (Å²) in [6.07, 6.45) is 0. The Labute approximate surface area is 103 Å². The molecule has 0 aliphatic rings. The molecule has 0 amide bonds. The predicted molar refractivity (Wildman–Crippen MR) is 65.4 cm³/mol. The third kappa shape index (κ3) is 2.36. The van der Waals surface area contributed by atoms with Gasteiger partial charge in [0.2, 0.25) is 5.78 Å². The minimum Gasteiger partial charge on any atom is -0.494 e. The first kappa shape index (κ1) is 11.8. The highest BCUT2D eigenvalue weighted by molar-refractivity contribution is 7.14. The van der Waals surface area contributed by atoms with Gasteiger partial charge in [-0.15, -0.1) is 11.3 Å². The molecule has 1 aromatic heterocycles. The summed E-state index contributed by atoms with van der Waals surface area (Å²) >= 11 is 1.42. The number of thiophene rings is 1. The Bertz CT molecular complexity index is 560. The Morgan fingerprint density at radius 1 is 1.29 bits per heavy atom. The number of carbonyl (C=O) groups is 1. The second kappa shape index (κ2) is 4.67. The van der Waals surface area contributed by atoms with E-state index in [1.54, 1.807) is 6.07 Å². The van der Waals surface area contributed by atoms with E-state index >= 15 is 0 Å². The van der Waals surface area contributed by atoms with E-state index in [1.165, 1.54) is 36.6 Å². The zero-order chi connectivity index (χ0) is 12.4. The van der Waals surface area contributed by atoms with Crippen LogP contribution in [0.25, 0.3) is 0 Å². The quantitative estimate of drug-likeness (QED) is 0.780. The molecule has 1 heterocycles. The Morgan fingerprint density at radius 2 is 2.06 bits per heavy atom. The average molecular weight is 250 g/mol. The molecule has 0 radical (unpaired) electrons. The zero-order valence-corrected chi connectivity index (χ0v) is 10.3. The van der Waals surface area contributed by atoms with Gasteiger partial charge >= 0.3 is 0 Å². The van der Waals surface area contributed by atoms with Gasteiger partial charge in [0.25, 0.3) is 0 Å². The first-order valence-corrected chi connectivity index (χ1v) is 5.88. The lowest BCUT2D eigenvalue weighted by molar-refractivity contribution is 0.104. The van der Waals surface area contributed by atoms with Crippen LogP contribution in [0.1, 0.15) is 20.1 Å². The molecule has 1 aromatic carbocycles. The highest BCUT2D eigenvalue weighted by Gasteiger charge is 2.13. The third-order valence-corrected chi connectivity index (χ3v) is 3.38. The molecule has 0 bridgehead atoms. The van der Waals surface area contributed by atoms with Crippen LogP contribution in [-0.2, 0) is 0 Å². The summed E-state index contributed by atoms with van der Waals surface area (Å²) in [5, 5.41) is 0. The summed E-state index contributed by atoms with van der Waals surface area (Å²) in [6, 6.07) is 7.80. The van der Waals surface area contributed by atoms with Gasteiger partial charge < -0.3 is 4.74 Å². The number of aryl methyl sites for hydroxylation is 1. The molecule has 4 heteroatoms. The Hall–Kier alpha value is -1.68. The van der Waals surface area contributed by atoms with Crippen LogP contribution in [0.15, 0.2) is 30.3 Å². The SMILES string of the molecule is COc1cc(C(=O)c2ccc(C)s2)ccc1F. The molecular weight excluding hydrogens is 239 g/mol. The lowest BCUT2D eigenvalue weighted by Gasteiger charge is -2.04. The fourth-order valence-electron chi connectivity index (χ4n) is 1.50. The van der Waals surface area contributed by atoms with Crippen LogP contribution in [0.5, 0.6) is 5.75 Å². The standard InChI is InChI=1S/C13H11FO2S/c1-8-3-6-12(17-8)13(15)9-4-5-10(14)11(7-9)16-2/h3-7H,1-2H3. The number of hydrogen-bond donors (Lipinski definition) is 0. The second-order valence-electron chi connectivity index (χ2n) is 3.59. The predicted octanol–water partition coefficient (Wildman–Crippen LogP) is 3.44. The maximum absolute atomic E-state index is 13.2. The van der Waals surface area contributed by atoms with Crippen molar-refractivity contribution in [3.8, 4) is 5.75 Å². The molecule has 0 aliphatic carbocycles. The van der Waals surface area contributed by atoms with Crippen molar-refractivity contribution < 1.29 is 13.9 Å². The van der Waals surface area contributed by atoms with Crippen molar-refractivity contribution in [3.05, 3.63) is 51.5 Å². The fraction of sp³-hybridized carbons (Fsp3) is 0.154. The van der Waals surface area contributed by atoms with Crippen molar-refractivity contribution in [2.24, 2.45) is 0 Å².